The number of halogens is 1. The molecule has 2 aliphatic heterocycles. The summed E-state index contributed by atoms with van der Waals surface area (Å²) in [6, 6.07) is 13.2. The van der Waals surface area contributed by atoms with Gasteiger partial charge in [-0.2, -0.15) is 0 Å². The average molecular weight is 468 g/mol. The van der Waals surface area contributed by atoms with Crippen LogP contribution in [-0.2, 0) is 0 Å². The largest absolute Gasteiger partial charge is 0.493 e. The van der Waals surface area contributed by atoms with Crippen LogP contribution in [0.25, 0.3) is 5.70 Å². The molecule has 0 N–H and O–H groups in total. The van der Waals surface area contributed by atoms with Crippen molar-refractivity contribution in [2.45, 2.75) is 47.1 Å². The van der Waals surface area contributed by atoms with Crippen molar-refractivity contribution in [3.8, 4) is 5.75 Å². The fourth-order valence-corrected chi connectivity index (χ4v) is 5.77. The topological polar surface area (TPSA) is 28.1 Å². The predicted octanol–water partition coefficient (Wildman–Crippen LogP) is 6.56. The van der Waals surface area contributed by atoms with Gasteiger partial charge in [0.2, 0.25) is 0 Å². The van der Waals surface area contributed by atoms with Crippen LogP contribution >= 0.6 is 11.8 Å². The standard InChI is InChI=1S/C27H34FN3OS/c1-7-30(8-2)23-14-9-18(3)24(15-23)32-17-21-16-29-26-31(27(21,5)6)25(19(4)33-26)20-10-12-22(28)13-11-20/h9-15,21H,7-8,16-17H2,1-6H3/t21-/m1/s1. The molecule has 4 rings (SSSR count). The lowest BCUT2D eigenvalue weighted by Crippen LogP contribution is -2.54. The second kappa shape index (κ2) is 9.41. The van der Waals surface area contributed by atoms with Crippen LogP contribution in [0.1, 0.15) is 45.7 Å². The van der Waals surface area contributed by atoms with Crippen molar-refractivity contribution < 1.29 is 9.13 Å². The monoisotopic (exact) mass is 467 g/mol. The number of allylic oxidation sites excluding steroid dienone is 1. The zero-order valence-corrected chi connectivity index (χ0v) is 21.3. The van der Waals surface area contributed by atoms with Crippen molar-refractivity contribution in [1.29, 1.82) is 0 Å². The molecule has 176 valence electrons. The number of ether oxygens (including phenoxy) is 1. The van der Waals surface area contributed by atoms with Crippen LogP contribution in [0.15, 0.2) is 52.4 Å². The van der Waals surface area contributed by atoms with Crippen LogP contribution in [0.3, 0.4) is 0 Å². The summed E-state index contributed by atoms with van der Waals surface area (Å²) in [5.74, 6) is 0.925. The third-order valence-corrected chi connectivity index (χ3v) is 7.87. The number of anilines is 1. The van der Waals surface area contributed by atoms with Crippen LogP contribution in [-0.4, -0.2) is 41.8 Å². The highest BCUT2D eigenvalue weighted by atomic mass is 32.2. The average Bonchev–Trinajstić information content (AvgIpc) is 3.13. The minimum absolute atomic E-state index is 0.198. The van der Waals surface area contributed by atoms with Gasteiger partial charge in [-0.3, -0.25) is 4.99 Å². The molecule has 0 radical (unpaired) electrons. The van der Waals surface area contributed by atoms with Crippen molar-refractivity contribution in [3.05, 3.63) is 64.3 Å². The highest BCUT2D eigenvalue weighted by Crippen LogP contribution is 2.48. The maximum atomic E-state index is 13.6. The first-order chi connectivity index (χ1) is 15.8. The van der Waals surface area contributed by atoms with Crippen LogP contribution in [0.4, 0.5) is 10.1 Å². The first kappa shape index (κ1) is 23.7. The van der Waals surface area contributed by atoms with E-state index in [9.17, 15) is 4.39 Å². The van der Waals surface area contributed by atoms with Gasteiger partial charge < -0.3 is 14.5 Å². The number of nitrogens with zero attached hydrogens (tertiary/aromatic N) is 3. The number of hydrogen-bond acceptors (Lipinski definition) is 5. The Labute approximate surface area is 201 Å². The molecule has 0 saturated heterocycles. The van der Waals surface area contributed by atoms with E-state index >= 15 is 0 Å². The summed E-state index contributed by atoms with van der Waals surface area (Å²) in [7, 11) is 0. The minimum atomic E-state index is -0.219. The number of benzene rings is 2. The lowest BCUT2D eigenvalue weighted by atomic mass is 9.84. The van der Waals surface area contributed by atoms with Crippen molar-refractivity contribution >= 4 is 28.3 Å². The molecule has 0 saturated carbocycles. The van der Waals surface area contributed by atoms with E-state index in [4.69, 9.17) is 9.73 Å². The van der Waals surface area contributed by atoms with Crippen molar-refractivity contribution in [2.75, 3.05) is 31.1 Å². The molecule has 1 atom stereocenters. The Bertz CT molecular complexity index is 1070. The molecule has 2 aromatic carbocycles. The van der Waals surface area contributed by atoms with Crippen LogP contribution < -0.4 is 9.64 Å². The van der Waals surface area contributed by atoms with E-state index in [-0.39, 0.29) is 17.3 Å². The van der Waals surface area contributed by atoms with E-state index in [1.54, 1.807) is 11.8 Å². The van der Waals surface area contributed by atoms with Gasteiger partial charge in [0.1, 0.15) is 11.6 Å². The minimum Gasteiger partial charge on any atom is -0.493 e. The lowest BCUT2D eigenvalue weighted by Gasteiger charge is -2.46. The van der Waals surface area contributed by atoms with Crippen LogP contribution in [0.2, 0.25) is 0 Å². The van der Waals surface area contributed by atoms with E-state index in [2.05, 4.69) is 69.5 Å². The molecule has 2 aliphatic rings. The molecular formula is C27H34FN3OS. The molecule has 2 aromatic rings. The lowest BCUT2D eigenvalue weighted by molar-refractivity contribution is 0.120. The quantitative estimate of drug-likeness (QED) is 0.461. The summed E-state index contributed by atoms with van der Waals surface area (Å²) in [5.41, 5.74) is 4.27. The fraction of sp³-hybridized carbons (Fsp3) is 0.444. The number of hydrogen-bond donors (Lipinski definition) is 0. The molecular weight excluding hydrogens is 433 g/mol. The molecule has 0 aromatic heterocycles. The van der Waals surface area contributed by atoms with Crippen LogP contribution in [0, 0.1) is 18.7 Å². The van der Waals surface area contributed by atoms with Crippen molar-refractivity contribution in [1.82, 2.24) is 4.90 Å². The van der Waals surface area contributed by atoms with Crippen LogP contribution in [0.5, 0.6) is 5.75 Å². The van der Waals surface area contributed by atoms with Gasteiger partial charge in [-0.1, -0.05) is 17.8 Å². The molecule has 0 bridgehead atoms. The van der Waals surface area contributed by atoms with E-state index < -0.39 is 0 Å². The number of amidine groups is 1. The van der Waals surface area contributed by atoms with Gasteiger partial charge >= 0.3 is 0 Å². The fourth-order valence-electron chi connectivity index (χ4n) is 4.63. The zero-order chi connectivity index (χ0) is 23.8. The van der Waals surface area contributed by atoms with Gasteiger partial charge in [0, 0.05) is 41.2 Å². The molecule has 6 heteroatoms. The van der Waals surface area contributed by atoms with E-state index in [1.165, 1.54) is 22.7 Å². The van der Waals surface area contributed by atoms with Gasteiger partial charge in [0.25, 0.3) is 0 Å². The third kappa shape index (κ3) is 4.50. The Kier molecular flexibility index (Phi) is 6.76. The first-order valence-electron chi connectivity index (χ1n) is 11.7. The van der Waals surface area contributed by atoms with E-state index in [0.717, 1.165) is 47.4 Å². The number of rotatable bonds is 7. The van der Waals surface area contributed by atoms with Crippen molar-refractivity contribution in [3.63, 3.8) is 0 Å². The molecule has 0 spiro atoms. The smallest absolute Gasteiger partial charge is 0.168 e. The Balaban J connectivity index is 1.57. The Morgan fingerprint density at radius 3 is 2.48 bits per heavy atom. The zero-order valence-electron chi connectivity index (χ0n) is 20.5. The SMILES string of the molecule is CCN(CC)c1ccc(C)c(OC[C@H]2CN=C3SC(C)=C(c4ccc(F)cc4)N3C2(C)C)c1. The summed E-state index contributed by atoms with van der Waals surface area (Å²) in [6.07, 6.45) is 0. The molecule has 2 heterocycles. The number of aryl methyl sites for hydroxylation is 1. The summed E-state index contributed by atoms with van der Waals surface area (Å²) in [4.78, 5) is 10.8. The van der Waals surface area contributed by atoms with E-state index in [1.807, 2.05) is 12.1 Å². The summed E-state index contributed by atoms with van der Waals surface area (Å²) in [5, 5.41) is 1.02. The summed E-state index contributed by atoms with van der Waals surface area (Å²) >= 11 is 1.70. The summed E-state index contributed by atoms with van der Waals surface area (Å²) < 4.78 is 20.0. The molecule has 33 heavy (non-hydrogen) atoms. The Morgan fingerprint density at radius 2 is 1.82 bits per heavy atom. The molecule has 0 fully saturated rings. The van der Waals surface area contributed by atoms with E-state index in [0.29, 0.717) is 6.61 Å². The maximum absolute atomic E-state index is 13.6. The third-order valence-electron chi connectivity index (χ3n) is 6.87. The summed E-state index contributed by atoms with van der Waals surface area (Å²) in [6.45, 7) is 16.3. The molecule has 0 amide bonds. The Hall–Kier alpha value is -2.47. The van der Waals surface area contributed by atoms with Gasteiger partial charge in [-0.25, -0.2) is 4.39 Å². The normalized spacial score (nSPS) is 19.4. The highest BCUT2D eigenvalue weighted by Gasteiger charge is 2.46. The molecule has 4 nitrogen and oxygen atoms in total. The maximum Gasteiger partial charge on any atom is 0.168 e. The van der Waals surface area contributed by atoms with Gasteiger partial charge in [-0.05, 0) is 83.0 Å². The first-order valence-corrected chi connectivity index (χ1v) is 12.6. The second-order valence-corrected chi connectivity index (χ2v) is 10.4. The van der Waals surface area contributed by atoms with Gasteiger partial charge in [-0.15, -0.1) is 0 Å². The number of aliphatic imine (C=N–C) groups is 1. The predicted molar refractivity (Wildman–Crippen MR) is 139 cm³/mol. The number of fused-ring (bicyclic) bond motifs is 1. The second-order valence-electron chi connectivity index (χ2n) is 9.26. The Morgan fingerprint density at radius 1 is 1.12 bits per heavy atom. The molecule has 0 unspecified atom stereocenters. The van der Waals surface area contributed by atoms with Gasteiger partial charge in [0.05, 0.1) is 18.8 Å². The number of thioether (sulfide) groups is 1. The van der Waals surface area contributed by atoms with Gasteiger partial charge in [0.15, 0.2) is 5.17 Å². The van der Waals surface area contributed by atoms with Crippen molar-refractivity contribution in [2.24, 2.45) is 10.9 Å². The molecule has 0 aliphatic carbocycles. The highest BCUT2D eigenvalue weighted by molar-refractivity contribution is 8.17.